The van der Waals surface area contributed by atoms with Crippen molar-refractivity contribution in [1.82, 2.24) is 4.90 Å². The Hall–Kier alpha value is -2.17. The maximum atomic E-state index is 12.0. The van der Waals surface area contributed by atoms with Crippen molar-refractivity contribution in [2.75, 3.05) is 13.2 Å². The minimum atomic E-state index is -0.276. The van der Waals surface area contributed by atoms with Crippen LogP contribution in [0.5, 0.6) is 0 Å². The molecule has 0 fully saturated rings. The molecular weight excluding hydrogens is 246 g/mol. The van der Waals surface area contributed by atoms with Gasteiger partial charge in [0.2, 0.25) is 0 Å². The van der Waals surface area contributed by atoms with Crippen LogP contribution in [0.2, 0.25) is 0 Å². The third kappa shape index (κ3) is 2.65. The highest BCUT2D eigenvalue weighted by Gasteiger charge is 2.34. The molecule has 0 saturated heterocycles. The lowest BCUT2D eigenvalue weighted by Gasteiger charge is -2.13. The second-order valence-corrected chi connectivity index (χ2v) is 4.24. The van der Waals surface area contributed by atoms with Gasteiger partial charge in [0, 0.05) is 13.0 Å². The van der Waals surface area contributed by atoms with Crippen molar-refractivity contribution in [3.63, 3.8) is 0 Å². The molecule has 1 aromatic rings. The van der Waals surface area contributed by atoms with Gasteiger partial charge in [0.25, 0.3) is 11.8 Å². The fourth-order valence-corrected chi connectivity index (χ4v) is 1.95. The summed E-state index contributed by atoms with van der Waals surface area (Å²) in [6.45, 7) is 2.20. The van der Waals surface area contributed by atoms with E-state index in [4.69, 9.17) is 4.74 Å². The minimum absolute atomic E-state index is 0.222. The molecule has 100 valence electrons. The third-order valence-electron chi connectivity index (χ3n) is 2.96. The van der Waals surface area contributed by atoms with Gasteiger partial charge in [-0.15, -0.1) is 0 Å². The van der Waals surface area contributed by atoms with Gasteiger partial charge in [-0.3, -0.25) is 19.3 Å². The average molecular weight is 261 g/mol. The zero-order valence-electron chi connectivity index (χ0n) is 10.7. The second kappa shape index (κ2) is 5.65. The summed E-state index contributed by atoms with van der Waals surface area (Å²) in [6.07, 6.45) is 0.782. The van der Waals surface area contributed by atoms with E-state index in [9.17, 15) is 14.4 Å². The van der Waals surface area contributed by atoms with Crippen molar-refractivity contribution >= 4 is 17.8 Å². The lowest BCUT2D eigenvalue weighted by atomic mass is 10.1. The predicted octanol–water partition coefficient (Wildman–Crippen LogP) is 1.63. The largest absolute Gasteiger partial charge is 0.466 e. The van der Waals surface area contributed by atoms with Gasteiger partial charge >= 0.3 is 5.97 Å². The molecule has 19 heavy (non-hydrogen) atoms. The van der Waals surface area contributed by atoms with Crippen LogP contribution in [0, 0.1) is 0 Å². The molecule has 0 aliphatic carbocycles. The van der Waals surface area contributed by atoms with E-state index in [0.717, 1.165) is 0 Å². The first kappa shape index (κ1) is 13.3. The average Bonchev–Trinajstić information content (AvgIpc) is 2.68. The van der Waals surface area contributed by atoms with Crippen LogP contribution in [0.1, 0.15) is 40.5 Å². The maximum Gasteiger partial charge on any atom is 0.305 e. The van der Waals surface area contributed by atoms with Crippen LogP contribution in [0.25, 0.3) is 0 Å². The summed E-state index contributed by atoms with van der Waals surface area (Å²) >= 11 is 0. The second-order valence-electron chi connectivity index (χ2n) is 4.24. The molecule has 1 aliphatic rings. The Morgan fingerprint density at radius 1 is 1.16 bits per heavy atom. The molecule has 1 aliphatic heterocycles. The monoisotopic (exact) mass is 261 g/mol. The standard InChI is InChI=1S/C14H15NO4/c1-2-12(16)19-9-5-8-15-13(17)10-6-3-4-7-11(10)14(15)18/h3-4,6-7H,2,5,8-9H2,1H3. The van der Waals surface area contributed by atoms with Crippen LogP contribution in [0.15, 0.2) is 24.3 Å². The summed E-state index contributed by atoms with van der Waals surface area (Å²) in [5, 5.41) is 0. The predicted molar refractivity (Wildman–Crippen MR) is 67.7 cm³/mol. The van der Waals surface area contributed by atoms with E-state index in [0.29, 0.717) is 24.0 Å². The number of benzene rings is 1. The molecule has 0 atom stereocenters. The molecule has 0 spiro atoms. The lowest BCUT2D eigenvalue weighted by molar-refractivity contribution is -0.143. The molecule has 0 aromatic heterocycles. The molecule has 1 aromatic carbocycles. The van der Waals surface area contributed by atoms with Gasteiger partial charge in [0.15, 0.2) is 0 Å². The first-order valence-corrected chi connectivity index (χ1v) is 6.26. The van der Waals surface area contributed by atoms with E-state index < -0.39 is 0 Å². The first-order chi connectivity index (χ1) is 9.15. The van der Waals surface area contributed by atoms with E-state index in [-0.39, 0.29) is 30.9 Å². The number of fused-ring (bicyclic) bond motifs is 1. The van der Waals surface area contributed by atoms with Crippen LogP contribution in [0.3, 0.4) is 0 Å². The highest BCUT2D eigenvalue weighted by Crippen LogP contribution is 2.22. The quantitative estimate of drug-likeness (QED) is 0.459. The zero-order chi connectivity index (χ0) is 13.8. The van der Waals surface area contributed by atoms with Gasteiger partial charge in [-0.25, -0.2) is 0 Å². The molecule has 5 nitrogen and oxygen atoms in total. The molecule has 0 N–H and O–H groups in total. The summed E-state index contributed by atoms with van der Waals surface area (Å²) in [6, 6.07) is 6.76. The van der Waals surface area contributed by atoms with Gasteiger partial charge < -0.3 is 4.74 Å². The third-order valence-corrected chi connectivity index (χ3v) is 2.96. The van der Waals surface area contributed by atoms with Gasteiger partial charge in [-0.2, -0.15) is 0 Å². The van der Waals surface area contributed by atoms with Crippen LogP contribution in [-0.2, 0) is 9.53 Å². The van der Waals surface area contributed by atoms with Crippen molar-refractivity contribution in [1.29, 1.82) is 0 Å². The number of hydrogen-bond donors (Lipinski definition) is 0. The fourth-order valence-electron chi connectivity index (χ4n) is 1.95. The Labute approximate surface area is 111 Å². The molecule has 5 heteroatoms. The number of carbonyl (C=O) groups is 3. The van der Waals surface area contributed by atoms with E-state index >= 15 is 0 Å². The summed E-state index contributed by atoms with van der Waals surface area (Å²) < 4.78 is 4.91. The van der Waals surface area contributed by atoms with Gasteiger partial charge in [0.1, 0.15) is 0 Å². The molecular formula is C14H15NO4. The molecule has 2 rings (SSSR count). The number of hydrogen-bond acceptors (Lipinski definition) is 4. The van der Waals surface area contributed by atoms with Gasteiger partial charge in [-0.05, 0) is 18.6 Å². The molecule has 0 unspecified atom stereocenters. The Balaban J connectivity index is 1.92. The Morgan fingerprint density at radius 3 is 2.26 bits per heavy atom. The highest BCUT2D eigenvalue weighted by molar-refractivity contribution is 6.21. The van der Waals surface area contributed by atoms with Crippen molar-refractivity contribution in [2.24, 2.45) is 0 Å². The topological polar surface area (TPSA) is 63.7 Å². The fraction of sp³-hybridized carbons (Fsp3) is 0.357. The van der Waals surface area contributed by atoms with Crippen molar-refractivity contribution in [3.05, 3.63) is 35.4 Å². The number of esters is 1. The van der Waals surface area contributed by atoms with Crippen LogP contribution in [0.4, 0.5) is 0 Å². The summed E-state index contributed by atoms with van der Waals surface area (Å²) in [4.78, 5) is 36.1. The summed E-state index contributed by atoms with van der Waals surface area (Å²) in [5.41, 5.74) is 0.885. The number of amides is 2. The number of ether oxygens (including phenoxy) is 1. The maximum absolute atomic E-state index is 12.0. The van der Waals surface area contributed by atoms with Crippen LogP contribution < -0.4 is 0 Å². The summed E-state index contributed by atoms with van der Waals surface area (Å²) in [7, 11) is 0. The molecule has 0 radical (unpaired) electrons. The van der Waals surface area contributed by atoms with Crippen LogP contribution in [-0.4, -0.2) is 35.8 Å². The van der Waals surface area contributed by atoms with Crippen molar-refractivity contribution in [3.8, 4) is 0 Å². The highest BCUT2D eigenvalue weighted by atomic mass is 16.5. The number of nitrogens with zero attached hydrogens (tertiary/aromatic N) is 1. The Bertz CT molecular complexity index is 489. The SMILES string of the molecule is CCC(=O)OCCCN1C(=O)c2ccccc2C1=O. The lowest BCUT2D eigenvalue weighted by Crippen LogP contribution is -2.31. The smallest absolute Gasteiger partial charge is 0.305 e. The first-order valence-electron chi connectivity index (χ1n) is 6.26. The normalized spacial score (nSPS) is 13.6. The number of imide groups is 1. The van der Waals surface area contributed by atoms with Crippen molar-refractivity contribution in [2.45, 2.75) is 19.8 Å². The Morgan fingerprint density at radius 2 is 1.74 bits per heavy atom. The van der Waals surface area contributed by atoms with Gasteiger partial charge in [0.05, 0.1) is 17.7 Å². The zero-order valence-corrected chi connectivity index (χ0v) is 10.7. The van der Waals surface area contributed by atoms with E-state index in [1.807, 2.05) is 0 Å². The number of rotatable bonds is 5. The van der Waals surface area contributed by atoms with Gasteiger partial charge in [-0.1, -0.05) is 19.1 Å². The molecule has 0 saturated carbocycles. The molecule has 0 bridgehead atoms. The number of carbonyl (C=O) groups excluding carboxylic acids is 3. The van der Waals surface area contributed by atoms with E-state index in [1.165, 1.54) is 4.90 Å². The van der Waals surface area contributed by atoms with Crippen molar-refractivity contribution < 1.29 is 19.1 Å². The molecule has 2 amide bonds. The Kier molecular flexibility index (Phi) is 3.94. The van der Waals surface area contributed by atoms with E-state index in [2.05, 4.69) is 0 Å². The molecule has 1 heterocycles. The van der Waals surface area contributed by atoms with Crippen LogP contribution >= 0.6 is 0 Å². The van der Waals surface area contributed by atoms with E-state index in [1.54, 1.807) is 31.2 Å². The summed E-state index contributed by atoms with van der Waals surface area (Å²) in [5.74, 6) is -0.827. The minimum Gasteiger partial charge on any atom is -0.466 e.